The summed E-state index contributed by atoms with van der Waals surface area (Å²) < 4.78 is 10.7. The minimum atomic E-state index is -0.201. The van der Waals surface area contributed by atoms with Gasteiger partial charge in [0, 0.05) is 11.5 Å². The molecule has 1 aliphatic rings. The van der Waals surface area contributed by atoms with Crippen LogP contribution in [-0.2, 0) is 9.59 Å². The molecule has 1 N–H and O–H groups in total. The zero-order valence-electron chi connectivity index (χ0n) is 16.9. The first-order valence-electron chi connectivity index (χ1n) is 9.35. The Morgan fingerprint density at radius 1 is 1.17 bits per heavy atom. The number of hydrogen-bond acceptors (Lipinski definition) is 6. The van der Waals surface area contributed by atoms with E-state index in [1.807, 2.05) is 43.3 Å². The number of fused-ring (bicyclic) bond motifs is 2. The molecule has 0 radical (unpaired) electrons. The third kappa shape index (κ3) is 3.78. The minimum absolute atomic E-state index is 0.0114. The molecule has 2 heterocycles. The van der Waals surface area contributed by atoms with E-state index in [0.29, 0.717) is 22.9 Å². The molecule has 0 spiro atoms. The van der Waals surface area contributed by atoms with Gasteiger partial charge in [0.05, 0.1) is 36.9 Å². The summed E-state index contributed by atoms with van der Waals surface area (Å²) in [6.07, 6.45) is 0. The Morgan fingerprint density at radius 2 is 1.90 bits per heavy atom. The van der Waals surface area contributed by atoms with E-state index in [0.717, 1.165) is 21.5 Å². The number of para-hydroxylation sites is 2. The molecule has 3 aromatic rings. The molecule has 0 aliphatic carbocycles. The van der Waals surface area contributed by atoms with E-state index in [9.17, 15) is 9.59 Å². The van der Waals surface area contributed by atoms with E-state index >= 15 is 0 Å². The molecule has 154 valence electrons. The molecule has 0 unspecified atom stereocenters. The number of carbonyl (C=O) groups is 2. The third-order valence-corrected chi connectivity index (χ3v) is 5.95. The van der Waals surface area contributed by atoms with Crippen LogP contribution in [0.2, 0.25) is 0 Å². The molecule has 0 fully saturated rings. The highest BCUT2D eigenvalue weighted by Gasteiger charge is 2.26. The Kier molecular flexibility index (Phi) is 5.50. The lowest BCUT2D eigenvalue weighted by Crippen LogP contribution is -2.43. The number of ether oxygens (including phenoxy) is 2. The predicted octanol–water partition coefficient (Wildman–Crippen LogP) is 3.64. The number of benzene rings is 2. The summed E-state index contributed by atoms with van der Waals surface area (Å²) in [6.45, 7) is 1.97. The van der Waals surface area contributed by atoms with Gasteiger partial charge < -0.3 is 19.7 Å². The van der Waals surface area contributed by atoms with Crippen LogP contribution in [0.3, 0.4) is 0 Å². The molecule has 4 rings (SSSR count). The van der Waals surface area contributed by atoms with Crippen molar-refractivity contribution in [2.75, 3.05) is 36.7 Å². The Labute approximate surface area is 178 Å². The fourth-order valence-corrected chi connectivity index (χ4v) is 4.26. The summed E-state index contributed by atoms with van der Waals surface area (Å²) >= 11 is 1.36. The number of rotatable bonds is 5. The van der Waals surface area contributed by atoms with Gasteiger partial charge in [-0.2, -0.15) is 0 Å². The van der Waals surface area contributed by atoms with Crippen LogP contribution in [0.4, 0.5) is 11.4 Å². The smallest absolute Gasteiger partial charge is 0.244 e. The van der Waals surface area contributed by atoms with Crippen molar-refractivity contribution in [3.63, 3.8) is 0 Å². The maximum atomic E-state index is 12.9. The number of nitrogens with zero attached hydrogens (tertiary/aromatic N) is 2. The number of anilines is 2. The van der Waals surface area contributed by atoms with E-state index in [4.69, 9.17) is 14.5 Å². The first kappa shape index (κ1) is 20.0. The normalized spacial score (nSPS) is 13.0. The summed E-state index contributed by atoms with van der Waals surface area (Å²) in [7, 11) is 3.18. The number of pyridine rings is 1. The van der Waals surface area contributed by atoms with E-state index < -0.39 is 0 Å². The number of aromatic nitrogens is 1. The predicted molar refractivity (Wildman–Crippen MR) is 118 cm³/mol. The van der Waals surface area contributed by atoms with Gasteiger partial charge in [0.15, 0.2) is 11.5 Å². The van der Waals surface area contributed by atoms with Crippen molar-refractivity contribution in [3.05, 3.63) is 48.0 Å². The number of nitrogens with one attached hydrogen (secondary N) is 1. The van der Waals surface area contributed by atoms with Crippen molar-refractivity contribution in [1.29, 1.82) is 0 Å². The molecule has 1 aliphatic heterocycles. The van der Waals surface area contributed by atoms with E-state index in [1.54, 1.807) is 20.3 Å². The second-order valence-corrected chi connectivity index (χ2v) is 7.81. The average molecular weight is 423 g/mol. The van der Waals surface area contributed by atoms with Crippen LogP contribution < -0.4 is 19.7 Å². The van der Waals surface area contributed by atoms with Crippen LogP contribution in [0.1, 0.15) is 5.56 Å². The maximum absolute atomic E-state index is 12.9. The fourth-order valence-electron chi connectivity index (χ4n) is 3.40. The summed E-state index contributed by atoms with van der Waals surface area (Å²) in [5.74, 6) is 1.07. The number of aryl methyl sites for hydroxylation is 1. The highest BCUT2D eigenvalue weighted by atomic mass is 32.2. The summed E-state index contributed by atoms with van der Waals surface area (Å²) in [4.78, 5) is 31.1. The zero-order valence-corrected chi connectivity index (χ0v) is 17.7. The molecule has 8 heteroatoms. The molecule has 7 nitrogen and oxygen atoms in total. The van der Waals surface area contributed by atoms with Crippen molar-refractivity contribution < 1.29 is 19.1 Å². The van der Waals surface area contributed by atoms with Gasteiger partial charge in [-0.15, -0.1) is 0 Å². The van der Waals surface area contributed by atoms with Crippen LogP contribution in [0.15, 0.2) is 47.5 Å². The highest BCUT2D eigenvalue weighted by molar-refractivity contribution is 8.00. The summed E-state index contributed by atoms with van der Waals surface area (Å²) in [5.41, 5.74) is 3.08. The second kappa shape index (κ2) is 8.23. The molecular formula is C22H21N3O4S. The molecule has 1 aromatic heterocycles. The molecule has 0 atom stereocenters. The van der Waals surface area contributed by atoms with Gasteiger partial charge in [0.25, 0.3) is 0 Å². The van der Waals surface area contributed by atoms with Crippen molar-refractivity contribution >= 4 is 45.9 Å². The lowest BCUT2D eigenvalue weighted by atomic mass is 10.1. The Balaban J connectivity index is 1.57. The van der Waals surface area contributed by atoms with E-state index in [1.165, 1.54) is 16.7 Å². The van der Waals surface area contributed by atoms with Crippen molar-refractivity contribution in [3.8, 4) is 11.5 Å². The van der Waals surface area contributed by atoms with Crippen LogP contribution in [0, 0.1) is 6.92 Å². The topological polar surface area (TPSA) is 80.8 Å². The molecule has 2 aromatic carbocycles. The van der Waals surface area contributed by atoms with Gasteiger partial charge in [-0.05, 0) is 36.8 Å². The Hall–Kier alpha value is -3.26. The maximum Gasteiger partial charge on any atom is 0.244 e. The number of carbonyl (C=O) groups excluding carboxylic acids is 2. The quantitative estimate of drug-likeness (QED) is 0.631. The van der Waals surface area contributed by atoms with Crippen LogP contribution in [0.25, 0.3) is 10.9 Å². The molecule has 0 bridgehead atoms. The lowest BCUT2D eigenvalue weighted by molar-refractivity contribution is -0.120. The van der Waals surface area contributed by atoms with Gasteiger partial charge in [0.1, 0.15) is 11.6 Å². The second-order valence-electron chi connectivity index (χ2n) is 6.84. The zero-order chi connectivity index (χ0) is 21.3. The van der Waals surface area contributed by atoms with Crippen molar-refractivity contribution in [2.24, 2.45) is 0 Å². The standard InChI is InChI=1S/C22H21N3O4S/c1-13-8-14-9-18(28-2)19(29-3)10-16(14)24-22(13)30-12-21(27)25-11-20(26)23-15-6-4-5-7-17(15)25/h4-10H,11-12H2,1-3H3,(H,23,26). The SMILES string of the molecule is COc1cc2cc(C)c(SCC(=O)N3CC(=O)Nc4ccccc43)nc2cc1OC. The van der Waals surface area contributed by atoms with Crippen molar-refractivity contribution in [2.45, 2.75) is 11.9 Å². The molecular weight excluding hydrogens is 402 g/mol. The third-order valence-electron chi connectivity index (χ3n) is 4.87. The number of amides is 2. The molecule has 0 saturated heterocycles. The number of methoxy groups -OCH3 is 2. The first-order valence-corrected chi connectivity index (χ1v) is 10.3. The monoisotopic (exact) mass is 423 g/mol. The van der Waals surface area contributed by atoms with Gasteiger partial charge in [-0.3, -0.25) is 9.59 Å². The largest absolute Gasteiger partial charge is 0.493 e. The fraction of sp³-hybridized carbons (Fsp3) is 0.227. The molecule has 30 heavy (non-hydrogen) atoms. The Bertz CT molecular complexity index is 1150. The van der Waals surface area contributed by atoms with E-state index in [-0.39, 0.29) is 24.1 Å². The van der Waals surface area contributed by atoms with E-state index in [2.05, 4.69) is 5.32 Å². The molecule has 0 saturated carbocycles. The van der Waals surface area contributed by atoms with Crippen LogP contribution in [0.5, 0.6) is 11.5 Å². The van der Waals surface area contributed by atoms with Crippen LogP contribution in [-0.4, -0.2) is 43.3 Å². The summed E-state index contributed by atoms with van der Waals surface area (Å²) in [6, 6.07) is 13.0. The Morgan fingerprint density at radius 3 is 2.67 bits per heavy atom. The van der Waals surface area contributed by atoms with Crippen molar-refractivity contribution in [1.82, 2.24) is 4.98 Å². The average Bonchev–Trinajstić information content (AvgIpc) is 2.75. The van der Waals surface area contributed by atoms with Gasteiger partial charge in [-0.1, -0.05) is 23.9 Å². The minimum Gasteiger partial charge on any atom is -0.493 e. The number of hydrogen-bond donors (Lipinski definition) is 1. The van der Waals surface area contributed by atoms with Gasteiger partial charge >= 0.3 is 0 Å². The van der Waals surface area contributed by atoms with Gasteiger partial charge in [0.2, 0.25) is 11.8 Å². The van der Waals surface area contributed by atoms with Crippen LogP contribution >= 0.6 is 11.8 Å². The lowest BCUT2D eigenvalue weighted by Gasteiger charge is -2.29. The van der Waals surface area contributed by atoms with Gasteiger partial charge in [-0.25, -0.2) is 4.98 Å². The molecule has 2 amide bonds. The summed E-state index contributed by atoms with van der Waals surface area (Å²) in [5, 5.41) is 4.49. The first-order chi connectivity index (χ1) is 14.5. The highest BCUT2D eigenvalue weighted by Crippen LogP contribution is 2.34. The number of thioether (sulfide) groups is 1.